The van der Waals surface area contributed by atoms with Crippen molar-refractivity contribution in [1.82, 2.24) is 9.80 Å². The van der Waals surface area contributed by atoms with Crippen molar-refractivity contribution in [3.8, 4) is 0 Å². The highest BCUT2D eigenvalue weighted by atomic mass is 15.2. The van der Waals surface area contributed by atoms with Crippen LogP contribution >= 0.6 is 0 Å². The highest BCUT2D eigenvalue weighted by Crippen LogP contribution is 2.41. The van der Waals surface area contributed by atoms with Crippen LogP contribution in [0.5, 0.6) is 0 Å². The summed E-state index contributed by atoms with van der Waals surface area (Å²) in [5.41, 5.74) is 0.626. The third-order valence-electron chi connectivity index (χ3n) is 3.75. The van der Waals surface area contributed by atoms with Gasteiger partial charge >= 0.3 is 0 Å². The summed E-state index contributed by atoms with van der Waals surface area (Å²) in [5.74, 6) is 0.918. The van der Waals surface area contributed by atoms with Crippen LogP contribution in [0.4, 0.5) is 0 Å². The second-order valence-corrected chi connectivity index (χ2v) is 5.06. The Morgan fingerprint density at radius 2 is 1.83 bits per heavy atom. The van der Waals surface area contributed by atoms with Gasteiger partial charge in [-0.25, -0.2) is 0 Å². The first-order chi connectivity index (χ1) is 5.60. The molecular formula is C10H20N2. The molecule has 2 heterocycles. The van der Waals surface area contributed by atoms with E-state index in [-0.39, 0.29) is 0 Å². The zero-order valence-electron chi connectivity index (χ0n) is 8.51. The van der Waals surface area contributed by atoms with E-state index in [1.807, 2.05) is 0 Å². The maximum atomic E-state index is 2.49. The van der Waals surface area contributed by atoms with Crippen LogP contribution in [0.1, 0.15) is 13.3 Å². The first-order valence-electron chi connectivity index (χ1n) is 4.97. The van der Waals surface area contributed by atoms with Gasteiger partial charge in [-0.2, -0.15) is 0 Å². The molecule has 0 aromatic rings. The summed E-state index contributed by atoms with van der Waals surface area (Å²) in [4.78, 5) is 4.97. The van der Waals surface area contributed by atoms with Crippen LogP contribution in [0.15, 0.2) is 0 Å². The molecule has 70 valence electrons. The molecule has 12 heavy (non-hydrogen) atoms. The molecule has 0 aromatic heterocycles. The van der Waals surface area contributed by atoms with E-state index < -0.39 is 0 Å². The van der Waals surface area contributed by atoms with Crippen molar-refractivity contribution in [2.45, 2.75) is 13.3 Å². The van der Waals surface area contributed by atoms with Crippen molar-refractivity contribution in [1.29, 1.82) is 0 Å². The van der Waals surface area contributed by atoms with Gasteiger partial charge in [0.1, 0.15) is 0 Å². The van der Waals surface area contributed by atoms with Crippen LogP contribution in [-0.4, -0.2) is 50.1 Å². The second-order valence-electron chi connectivity index (χ2n) is 5.06. The number of hydrogen-bond donors (Lipinski definition) is 0. The first-order valence-corrected chi connectivity index (χ1v) is 4.97. The SMILES string of the molecule is CN1CC[C@@]2(C)CN(C)CC2C1. The Morgan fingerprint density at radius 1 is 1.17 bits per heavy atom. The Bertz CT molecular complexity index is 181. The molecule has 0 aliphatic carbocycles. The largest absolute Gasteiger partial charge is 0.306 e. The van der Waals surface area contributed by atoms with E-state index in [0.29, 0.717) is 5.41 Å². The summed E-state index contributed by atoms with van der Waals surface area (Å²) >= 11 is 0. The van der Waals surface area contributed by atoms with E-state index in [1.54, 1.807) is 0 Å². The Balaban J connectivity index is 2.10. The van der Waals surface area contributed by atoms with Gasteiger partial charge in [0.25, 0.3) is 0 Å². The van der Waals surface area contributed by atoms with Gasteiger partial charge in [-0.15, -0.1) is 0 Å². The summed E-state index contributed by atoms with van der Waals surface area (Å²) in [7, 11) is 4.50. The maximum absolute atomic E-state index is 2.49. The quantitative estimate of drug-likeness (QED) is 0.530. The van der Waals surface area contributed by atoms with E-state index in [1.165, 1.54) is 32.6 Å². The van der Waals surface area contributed by atoms with Gasteiger partial charge in [-0.1, -0.05) is 6.92 Å². The minimum atomic E-state index is 0.626. The molecule has 2 aliphatic rings. The standard InChI is InChI=1S/C10H20N2/c1-10-4-5-11(2)6-9(10)7-12(3)8-10/h9H,4-8H2,1-3H3/t9?,10-/m0/s1. The Labute approximate surface area is 75.5 Å². The van der Waals surface area contributed by atoms with Crippen molar-refractivity contribution < 1.29 is 0 Å². The molecule has 2 saturated heterocycles. The molecule has 2 aliphatic heterocycles. The Kier molecular flexibility index (Phi) is 1.92. The molecule has 0 radical (unpaired) electrons. The highest BCUT2D eigenvalue weighted by Gasteiger charge is 2.43. The van der Waals surface area contributed by atoms with Crippen molar-refractivity contribution in [3.05, 3.63) is 0 Å². The number of nitrogens with zero attached hydrogens (tertiary/aromatic N) is 2. The molecule has 0 saturated carbocycles. The number of rotatable bonds is 0. The molecule has 0 spiro atoms. The lowest BCUT2D eigenvalue weighted by Gasteiger charge is -2.39. The van der Waals surface area contributed by atoms with Crippen LogP contribution < -0.4 is 0 Å². The average Bonchev–Trinajstić information content (AvgIpc) is 2.24. The van der Waals surface area contributed by atoms with Crippen LogP contribution in [0.2, 0.25) is 0 Å². The van der Waals surface area contributed by atoms with Crippen LogP contribution in [-0.2, 0) is 0 Å². The summed E-state index contributed by atoms with van der Waals surface area (Å²) in [6.07, 6.45) is 1.39. The van der Waals surface area contributed by atoms with Gasteiger partial charge in [-0.3, -0.25) is 0 Å². The monoisotopic (exact) mass is 168 g/mol. The van der Waals surface area contributed by atoms with E-state index in [9.17, 15) is 0 Å². The van der Waals surface area contributed by atoms with Gasteiger partial charge in [0, 0.05) is 19.6 Å². The van der Waals surface area contributed by atoms with Gasteiger partial charge in [0.2, 0.25) is 0 Å². The zero-order valence-corrected chi connectivity index (χ0v) is 8.51. The van der Waals surface area contributed by atoms with Crippen molar-refractivity contribution in [3.63, 3.8) is 0 Å². The van der Waals surface area contributed by atoms with Crippen LogP contribution in [0, 0.1) is 11.3 Å². The molecule has 2 heteroatoms. The van der Waals surface area contributed by atoms with Gasteiger partial charge < -0.3 is 9.80 Å². The first kappa shape index (κ1) is 8.52. The van der Waals surface area contributed by atoms with Crippen LogP contribution in [0.25, 0.3) is 0 Å². The Morgan fingerprint density at radius 3 is 2.58 bits per heavy atom. The molecule has 0 N–H and O–H groups in total. The lowest BCUT2D eigenvalue weighted by atomic mass is 9.74. The van der Waals surface area contributed by atoms with Gasteiger partial charge in [-0.05, 0) is 38.4 Å². The molecule has 2 nitrogen and oxygen atoms in total. The number of piperidine rings is 1. The lowest BCUT2D eigenvalue weighted by molar-refractivity contribution is 0.102. The maximum Gasteiger partial charge on any atom is 0.00365 e. The van der Waals surface area contributed by atoms with Gasteiger partial charge in [0.05, 0.1) is 0 Å². The fraction of sp³-hybridized carbons (Fsp3) is 1.00. The number of fused-ring (bicyclic) bond motifs is 1. The summed E-state index contributed by atoms with van der Waals surface area (Å²) < 4.78 is 0. The molecule has 2 fully saturated rings. The minimum Gasteiger partial charge on any atom is -0.306 e. The Hall–Kier alpha value is -0.0800. The topological polar surface area (TPSA) is 6.48 Å². The highest BCUT2D eigenvalue weighted by molar-refractivity contribution is 4.96. The van der Waals surface area contributed by atoms with E-state index in [2.05, 4.69) is 30.8 Å². The summed E-state index contributed by atoms with van der Waals surface area (Å²) in [6, 6.07) is 0. The smallest absolute Gasteiger partial charge is 0.00365 e. The molecule has 1 unspecified atom stereocenters. The molecule has 2 atom stereocenters. The van der Waals surface area contributed by atoms with Gasteiger partial charge in [0.15, 0.2) is 0 Å². The van der Waals surface area contributed by atoms with Crippen LogP contribution in [0.3, 0.4) is 0 Å². The molecule has 0 aromatic carbocycles. The average molecular weight is 168 g/mol. The molecular weight excluding hydrogens is 148 g/mol. The normalized spacial score (nSPS) is 44.8. The zero-order chi connectivity index (χ0) is 8.77. The molecule has 0 bridgehead atoms. The predicted molar refractivity (Wildman–Crippen MR) is 51.2 cm³/mol. The number of hydrogen-bond acceptors (Lipinski definition) is 2. The predicted octanol–water partition coefficient (Wildman–Crippen LogP) is 0.890. The van der Waals surface area contributed by atoms with E-state index in [0.717, 1.165) is 5.92 Å². The number of likely N-dealkylation sites (tertiary alicyclic amines) is 2. The fourth-order valence-electron chi connectivity index (χ4n) is 2.88. The van der Waals surface area contributed by atoms with E-state index in [4.69, 9.17) is 0 Å². The van der Waals surface area contributed by atoms with Crippen molar-refractivity contribution in [2.75, 3.05) is 40.3 Å². The molecule has 0 amide bonds. The fourth-order valence-corrected chi connectivity index (χ4v) is 2.88. The minimum absolute atomic E-state index is 0.626. The summed E-state index contributed by atoms with van der Waals surface area (Å²) in [5, 5.41) is 0. The summed E-state index contributed by atoms with van der Waals surface area (Å²) in [6.45, 7) is 7.68. The van der Waals surface area contributed by atoms with Crippen molar-refractivity contribution in [2.24, 2.45) is 11.3 Å². The third-order valence-corrected chi connectivity index (χ3v) is 3.75. The molecule has 2 rings (SSSR count). The van der Waals surface area contributed by atoms with E-state index >= 15 is 0 Å². The second kappa shape index (κ2) is 2.71. The lowest BCUT2D eigenvalue weighted by Crippen LogP contribution is -2.43. The third kappa shape index (κ3) is 1.27. The van der Waals surface area contributed by atoms with Crippen molar-refractivity contribution >= 4 is 0 Å².